The molecule has 4 heteroatoms. The predicted octanol–water partition coefficient (Wildman–Crippen LogP) is 3.82. The maximum Gasteiger partial charge on any atom is 0.227 e. The van der Waals surface area contributed by atoms with E-state index in [1.807, 2.05) is 50.2 Å². The van der Waals surface area contributed by atoms with Crippen molar-refractivity contribution in [3.63, 3.8) is 0 Å². The smallest absolute Gasteiger partial charge is 0.227 e. The van der Waals surface area contributed by atoms with E-state index in [4.69, 9.17) is 4.74 Å². The average Bonchev–Trinajstić information content (AvgIpc) is 2.52. The van der Waals surface area contributed by atoms with Crippen LogP contribution in [0.1, 0.15) is 30.0 Å². The first-order valence-electron chi connectivity index (χ1n) is 8.37. The lowest BCUT2D eigenvalue weighted by Crippen LogP contribution is -2.16. The number of amides is 1. The van der Waals surface area contributed by atoms with Crippen molar-refractivity contribution in [3.8, 4) is 5.75 Å². The van der Waals surface area contributed by atoms with Gasteiger partial charge in [0, 0.05) is 12.2 Å². The molecule has 2 rings (SSSR count). The van der Waals surface area contributed by atoms with Gasteiger partial charge in [-0.2, -0.15) is 0 Å². The average molecular weight is 326 g/mol. The molecule has 128 valence electrons. The molecule has 2 aromatic rings. The highest BCUT2D eigenvalue weighted by Crippen LogP contribution is 2.16. The number of aryl methyl sites for hydroxylation is 2. The second kappa shape index (κ2) is 9.08. The van der Waals surface area contributed by atoms with Crippen molar-refractivity contribution >= 4 is 11.6 Å². The summed E-state index contributed by atoms with van der Waals surface area (Å²) in [6, 6.07) is 13.9. The molecule has 0 radical (unpaired) electrons. The molecule has 0 aromatic heterocycles. The molecule has 2 aromatic carbocycles. The van der Waals surface area contributed by atoms with Crippen molar-refractivity contribution in [2.75, 3.05) is 18.5 Å². The summed E-state index contributed by atoms with van der Waals surface area (Å²) in [7, 11) is 0. The van der Waals surface area contributed by atoms with E-state index in [1.54, 1.807) is 0 Å². The van der Waals surface area contributed by atoms with Crippen molar-refractivity contribution in [3.05, 3.63) is 59.2 Å². The number of ether oxygens (including phenoxy) is 1. The number of carbonyl (C=O) groups excluding carboxylic acids is 1. The molecular weight excluding hydrogens is 300 g/mol. The predicted molar refractivity (Wildman–Crippen MR) is 98.5 cm³/mol. The van der Waals surface area contributed by atoms with Crippen LogP contribution in [0.15, 0.2) is 42.5 Å². The Hall–Kier alpha value is -2.33. The van der Waals surface area contributed by atoms with Crippen LogP contribution < -0.4 is 15.4 Å². The van der Waals surface area contributed by atoms with Gasteiger partial charge in [-0.25, -0.2) is 0 Å². The van der Waals surface area contributed by atoms with Crippen LogP contribution in [0.4, 0.5) is 5.69 Å². The number of rotatable bonds is 8. The zero-order chi connectivity index (χ0) is 17.4. The van der Waals surface area contributed by atoms with Crippen molar-refractivity contribution in [1.29, 1.82) is 0 Å². The van der Waals surface area contributed by atoms with E-state index in [0.29, 0.717) is 13.0 Å². The van der Waals surface area contributed by atoms with Gasteiger partial charge in [-0.05, 0) is 61.3 Å². The summed E-state index contributed by atoms with van der Waals surface area (Å²) in [4.78, 5) is 12.1. The van der Waals surface area contributed by atoms with Crippen molar-refractivity contribution in [2.45, 2.75) is 33.7 Å². The number of nitrogens with one attached hydrogen (secondary N) is 2. The van der Waals surface area contributed by atoms with Crippen LogP contribution in [0.3, 0.4) is 0 Å². The second-order valence-corrected chi connectivity index (χ2v) is 5.95. The molecule has 0 saturated heterocycles. The lowest BCUT2D eigenvalue weighted by molar-refractivity contribution is -0.116. The van der Waals surface area contributed by atoms with E-state index in [9.17, 15) is 4.79 Å². The van der Waals surface area contributed by atoms with Crippen molar-refractivity contribution in [1.82, 2.24) is 5.32 Å². The third kappa shape index (κ3) is 6.05. The third-order valence-electron chi connectivity index (χ3n) is 3.58. The van der Waals surface area contributed by atoms with Crippen LogP contribution in [0, 0.1) is 13.8 Å². The molecular formula is C20H26N2O2. The van der Waals surface area contributed by atoms with Gasteiger partial charge >= 0.3 is 0 Å². The third-order valence-corrected chi connectivity index (χ3v) is 3.58. The first-order chi connectivity index (χ1) is 11.6. The fraction of sp³-hybridized carbons (Fsp3) is 0.350. The van der Waals surface area contributed by atoms with E-state index in [-0.39, 0.29) is 5.91 Å². The van der Waals surface area contributed by atoms with Gasteiger partial charge in [-0.1, -0.05) is 25.1 Å². The van der Waals surface area contributed by atoms with Crippen LogP contribution in [0.5, 0.6) is 5.75 Å². The Balaban J connectivity index is 1.80. The van der Waals surface area contributed by atoms with E-state index in [0.717, 1.165) is 41.2 Å². The molecule has 1 amide bonds. The molecule has 0 aliphatic carbocycles. The maximum absolute atomic E-state index is 12.1. The lowest BCUT2D eigenvalue weighted by atomic mass is 10.1. The molecule has 0 bridgehead atoms. The maximum atomic E-state index is 12.1. The Morgan fingerprint density at radius 1 is 1.08 bits per heavy atom. The highest BCUT2D eigenvalue weighted by atomic mass is 16.5. The molecule has 0 saturated carbocycles. The van der Waals surface area contributed by atoms with Crippen LogP contribution in [-0.2, 0) is 11.3 Å². The highest BCUT2D eigenvalue weighted by Gasteiger charge is 2.04. The summed E-state index contributed by atoms with van der Waals surface area (Å²) >= 11 is 0. The molecule has 0 aliphatic heterocycles. The van der Waals surface area contributed by atoms with Gasteiger partial charge in [0.25, 0.3) is 0 Å². The first kappa shape index (κ1) is 18.0. The van der Waals surface area contributed by atoms with Gasteiger partial charge in [-0.15, -0.1) is 0 Å². The molecule has 4 nitrogen and oxygen atoms in total. The highest BCUT2D eigenvalue weighted by molar-refractivity contribution is 5.90. The minimum absolute atomic E-state index is 0.0417. The summed E-state index contributed by atoms with van der Waals surface area (Å²) in [5.74, 6) is 0.771. The van der Waals surface area contributed by atoms with Gasteiger partial charge in [0.2, 0.25) is 5.91 Å². The molecule has 0 unspecified atom stereocenters. The van der Waals surface area contributed by atoms with Crippen LogP contribution in [-0.4, -0.2) is 19.1 Å². The monoisotopic (exact) mass is 326 g/mol. The van der Waals surface area contributed by atoms with E-state index in [2.05, 4.69) is 23.6 Å². The zero-order valence-corrected chi connectivity index (χ0v) is 14.7. The van der Waals surface area contributed by atoms with E-state index >= 15 is 0 Å². The molecule has 2 N–H and O–H groups in total. The lowest BCUT2D eigenvalue weighted by Gasteiger charge is -2.10. The number of benzene rings is 2. The minimum atomic E-state index is -0.0417. The minimum Gasteiger partial charge on any atom is -0.493 e. The SMILES string of the molecule is CCNCc1cccc(NC(=O)CCOc2cc(C)cc(C)c2)c1. The summed E-state index contributed by atoms with van der Waals surface area (Å²) in [5, 5.41) is 6.19. The van der Waals surface area contributed by atoms with Gasteiger partial charge in [-0.3, -0.25) is 4.79 Å². The zero-order valence-electron chi connectivity index (χ0n) is 14.7. The standard InChI is InChI=1S/C20H26N2O2/c1-4-21-14-17-6-5-7-18(13-17)22-20(23)8-9-24-19-11-15(2)10-16(3)12-19/h5-7,10-13,21H,4,8-9,14H2,1-3H3,(H,22,23). The van der Waals surface area contributed by atoms with Gasteiger partial charge < -0.3 is 15.4 Å². The molecule has 0 atom stereocenters. The Labute approximate surface area is 144 Å². The topological polar surface area (TPSA) is 50.4 Å². The number of carbonyl (C=O) groups is 1. The Kier molecular flexibility index (Phi) is 6.82. The van der Waals surface area contributed by atoms with Crippen molar-refractivity contribution < 1.29 is 9.53 Å². The van der Waals surface area contributed by atoms with Crippen LogP contribution in [0.25, 0.3) is 0 Å². The number of anilines is 1. The molecule has 0 heterocycles. The molecule has 0 fully saturated rings. The van der Waals surface area contributed by atoms with Gasteiger partial charge in [0.05, 0.1) is 13.0 Å². The van der Waals surface area contributed by atoms with Crippen LogP contribution >= 0.6 is 0 Å². The number of hydrogen-bond acceptors (Lipinski definition) is 3. The molecule has 24 heavy (non-hydrogen) atoms. The van der Waals surface area contributed by atoms with E-state index in [1.165, 1.54) is 0 Å². The summed E-state index contributed by atoms with van der Waals surface area (Å²) in [5.41, 5.74) is 4.29. The summed E-state index contributed by atoms with van der Waals surface area (Å²) in [6.07, 6.45) is 0.324. The largest absolute Gasteiger partial charge is 0.493 e. The Morgan fingerprint density at radius 3 is 2.54 bits per heavy atom. The van der Waals surface area contributed by atoms with E-state index < -0.39 is 0 Å². The second-order valence-electron chi connectivity index (χ2n) is 5.95. The normalized spacial score (nSPS) is 10.5. The molecule has 0 aliphatic rings. The van der Waals surface area contributed by atoms with Crippen molar-refractivity contribution in [2.24, 2.45) is 0 Å². The van der Waals surface area contributed by atoms with Crippen LogP contribution in [0.2, 0.25) is 0 Å². The van der Waals surface area contributed by atoms with Gasteiger partial charge in [0.1, 0.15) is 5.75 Å². The summed E-state index contributed by atoms with van der Waals surface area (Å²) < 4.78 is 5.68. The fourth-order valence-electron chi connectivity index (χ4n) is 2.53. The first-order valence-corrected chi connectivity index (χ1v) is 8.37. The molecule has 0 spiro atoms. The fourth-order valence-corrected chi connectivity index (χ4v) is 2.53. The number of hydrogen-bond donors (Lipinski definition) is 2. The van der Waals surface area contributed by atoms with Gasteiger partial charge in [0.15, 0.2) is 0 Å². The Morgan fingerprint density at radius 2 is 1.83 bits per heavy atom. The quantitative estimate of drug-likeness (QED) is 0.775. The summed E-state index contributed by atoms with van der Waals surface area (Å²) in [6.45, 7) is 8.23. The Bertz CT molecular complexity index is 663.